The third-order valence-corrected chi connectivity index (χ3v) is 3.29. The molecule has 0 aliphatic rings. The van der Waals surface area contributed by atoms with E-state index in [-0.39, 0.29) is 0 Å². The summed E-state index contributed by atoms with van der Waals surface area (Å²) in [4.78, 5) is 23.2. The van der Waals surface area contributed by atoms with Gasteiger partial charge in [-0.3, -0.25) is 9.59 Å². The van der Waals surface area contributed by atoms with Crippen molar-refractivity contribution in [3.63, 3.8) is 0 Å². The number of hydrogen-bond donors (Lipinski definition) is 2. The minimum Gasteiger partial charge on any atom is -0.344 e. The molecule has 98 valence electrons. The van der Waals surface area contributed by atoms with E-state index in [2.05, 4.69) is 10.6 Å². The van der Waals surface area contributed by atoms with E-state index in [0.717, 1.165) is 5.56 Å². The lowest BCUT2D eigenvalue weighted by Gasteiger charge is -2.06. The summed E-state index contributed by atoms with van der Waals surface area (Å²) in [7, 11) is 0. The molecule has 0 aliphatic carbocycles. The first kappa shape index (κ1) is 13.6. The van der Waals surface area contributed by atoms with Gasteiger partial charge in [0.1, 0.15) is 0 Å². The molecule has 19 heavy (non-hydrogen) atoms. The predicted octanol–water partition coefficient (Wildman–Crippen LogP) is 2.66. The third-order valence-electron chi connectivity index (χ3n) is 2.32. The van der Waals surface area contributed by atoms with Crippen molar-refractivity contribution in [1.82, 2.24) is 5.32 Å². The molecular weight excluding hydrogens is 284 g/mol. The van der Waals surface area contributed by atoms with Gasteiger partial charge >= 0.3 is 11.8 Å². The molecule has 0 bridgehead atoms. The second-order valence-corrected chi connectivity index (χ2v) is 5.00. The van der Waals surface area contributed by atoms with Crippen LogP contribution in [0.3, 0.4) is 0 Å². The van der Waals surface area contributed by atoms with Crippen LogP contribution in [0.2, 0.25) is 5.02 Å². The van der Waals surface area contributed by atoms with E-state index in [0.29, 0.717) is 17.3 Å². The van der Waals surface area contributed by atoms with Gasteiger partial charge in [0.25, 0.3) is 0 Å². The van der Waals surface area contributed by atoms with Gasteiger partial charge in [0.05, 0.1) is 0 Å². The highest BCUT2D eigenvalue weighted by molar-refractivity contribution is 7.07. The molecule has 2 amide bonds. The van der Waals surface area contributed by atoms with Crippen LogP contribution < -0.4 is 10.6 Å². The molecule has 1 heterocycles. The summed E-state index contributed by atoms with van der Waals surface area (Å²) in [5.74, 6) is -1.39. The Bertz CT molecular complexity index is 584. The van der Waals surface area contributed by atoms with Gasteiger partial charge in [-0.05, 0) is 40.6 Å². The number of thiophene rings is 1. The van der Waals surface area contributed by atoms with Gasteiger partial charge in [-0.1, -0.05) is 17.7 Å². The van der Waals surface area contributed by atoms with Crippen molar-refractivity contribution < 1.29 is 9.59 Å². The number of benzene rings is 1. The molecule has 4 nitrogen and oxygen atoms in total. The van der Waals surface area contributed by atoms with E-state index in [9.17, 15) is 9.59 Å². The lowest BCUT2D eigenvalue weighted by molar-refractivity contribution is -0.136. The Balaban J connectivity index is 1.87. The average molecular weight is 295 g/mol. The highest BCUT2D eigenvalue weighted by Crippen LogP contribution is 2.14. The lowest BCUT2D eigenvalue weighted by atomic mass is 10.3. The van der Waals surface area contributed by atoms with Gasteiger partial charge in [-0.25, -0.2) is 0 Å². The fraction of sp³-hybridized carbons (Fsp3) is 0.0769. The summed E-state index contributed by atoms with van der Waals surface area (Å²) < 4.78 is 0. The second kappa shape index (κ2) is 6.36. The molecular formula is C13H11ClN2O2S. The molecule has 2 rings (SSSR count). The molecule has 2 N–H and O–H groups in total. The van der Waals surface area contributed by atoms with Crippen LogP contribution in [0.15, 0.2) is 41.1 Å². The van der Waals surface area contributed by atoms with Crippen LogP contribution in [0, 0.1) is 0 Å². The lowest BCUT2D eigenvalue weighted by Crippen LogP contribution is -2.34. The Hall–Kier alpha value is -1.85. The molecule has 0 aliphatic heterocycles. The minimum atomic E-state index is -0.711. The molecule has 0 spiro atoms. The maximum Gasteiger partial charge on any atom is 0.313 e. The van der Waals surface area contributed by atoms with E-state index in [1.54, 1.807) is 24.3 Å². The normalized spacial score (nSPS) is 9.95. The molecule has 1 aromatic carbocycles. The first-order chi connectivity index (χ1) is 9.15. The fourth-order valence-corrected chi connectivity index (χ4v) is 2.27. The Kier molecular flexibility index (Phi) is 4.54. The molecule has 0 saturated heterocycles. The molecule has 0 fully saturated rings. The zero-order valence-electron chi connectivity index (χ0n) is 9.85. The van der Waals surface area contributed by atoms with Crippen molar-refractivity contribution in [2.75, 3.05) is 5.32 Å². The second-order valence-electron chi connectivity index (χ2n) is 3.78. The topological polar surface area (TPSA) is 58.2 Å². The van der Waals surface area contributed by atoms with Crippen molar-refractivity contribution in [1.29, 1.82) is 0 Å². The molecule has 2 aromatic rings. The van der Waals surface area contributed by atoms with Crippen LogP contribution in [0.25, 0.3) is 0 Å². The van der Waals surface area contributed by atoms with E-state index < -0.39 is 11.8 Å². The first-order valence-electron chi connectivity index (χ1n) is 5.51. The number of carbonyl (C=O) groups excluding carboxylic acids is 2. The Morgan fingerprint density at radius 3 is 2.74 bits per heavy atom. The summed E-state index contributed by atoms with van der Waals surface area (Å²) in [6.07, 6.45) is 0. The third kappa shape index (κ3) is 4.08. The summed E-state index contributed by atoms with van der Waals surface area (Å²) in [6, 6.07) is 8.51. The Morgan fingerprint density at radius 2 is 2.05 bits per heavy atom. The van der Waals surface area contributed by atoms with Crippen LogP contribution >= 0.6 is 22.9 Å². The SMILES string of the molecule is O=C(NCc1ccsc1)C(=O)Nc1cccc(Cl)c1. The highest BCUT2D eigenvalue weighted by Gasteiger charge is 2.13. The number of carbonyl (C=O) groups is 2. The first-order valence-corrected chi connectivity index (χ1v) is 6.83. The van der Waals surface area contributed by atoms with Crippen LogP contribution in [-0.2, 0) is 16.1 Å². The molecule has 0 unspecified atom stereocenters. The molecule has 0 saturated carbocycles. The average Bonchev–Trinajstić information content (AvgIpc) is 2.89. The Labute approximate surface area is 119 Å². The maximum absolute atomic E-state index is 11.6. The maximum atomic E-state index is 11.6. The van der Waals surface area contributed by atoms with E-state index in [1.165, 1.54) is 11.3 Å². The number of hydrogen-bond acceptors (Lipinski definition) is 3. The van der Waals surface area contributed by atoms with E-state index in [1.807, 2.05) is 16.8 Å². The van der Waals surface area contributed by atoms with E-state index in [4.69, 9.17) is 11.6 Å². The number of rotatable bonds is 3. The molecule has 0 radical (unpaired) electrons. The standard InChI is InChI=1S/C13H11ClN2O2S/c14-10-2-1-3-11(6-10)16-13(18)12(17)15-7-9-4-5-19-8-9/h1-6,8H,7H2,(H,15,17)(H,16,18). The molecule has 1 aromatic heterocycles. The van der Waals surface area contributed by atoms with Gasteiger partial charge in [-0.15, -0.1) is 0 Å². The van der Waals surface area contributed by atoms with Crippen LogP contribution in [-0.4, -0.2) is 11.8 Å². The zero-order chi connectivity index (χ0) is 13.7. The van der Waals surface area contributed by atoms with Crippen molar-refractivity contribution >= 4 is 40.4 Å². The van der Waals surface area contributed by atoms with Crippen LogP contribution in [0.1, 0.15) is 5.56 Å². The van der Waals surface area contributed by atoms with Gasteiger partial charge in [0, 0.05) is 17.3 Å². The quantitative estimate of drug-likeness (QED) is 0.855. The van der Waals surface area contributed by atoms with Crippen molar-refractivity contribution in [2.24, 2.45) is 0 Å². The van der Waals surface area contributed by atoms with Crippen molar-refractivity contribution in [3.8, 4) is 0 Å². The van der Waals surface area contributed by atoms with Crippen LogP contribution in [0.4, 0.5) is 5.69 Å². The van der Waals surface area contributed by atoms with Gasteiger partial charge in [0.15, 0.2) is 0 Å². The number of amides is 2. The monoisotopic (exact) mass is 294 g/mol. The summed E-state index contributed by atoms with van der Waals surface area (Å²) in [6.45, 7) is 0.339. The number of anilines is 1. The summed E-state index contributed by atoms with van der Waals surface area (Å²) >= 11 is 7.32. The smallest absolute Gasteiger partial charge is 0.313 e. The largest absolute Gasteiger partial charge is 0.344 e. The number of nitrogens with one attached hydrogen (secondary N) is 2. The van der Waals surface area contributed by atoms with Gasteiger partial charge in [0.2, 0.25) is 0 Å². The van der Waals surface area contributed by atoms with Crippen molar-refractivity contribution in [2.45, 2.75) is 6.54 Å². The fourth-order valence-electron chi connectivity index (χ4n) is 1.41. The zero-order valence-corrected chi connectivity index (χ0v) is 11.4. The molecule has 0 atom stereocenters. The van der Waals surface area contributed by atoms with Gasteiger partial charge in [-0.2, -0.15) is 11.3 Å². The summed E-state index contributed by atoms with van der Waals surface area (Å²) in [5.41, 5.74) is 1.46. The molecule has 6 heteroatoms. The Morgan fingerprint density at radius 1 is 1.21 bits per heavy atom. The van der Waals surface area contributed by atoms with Gasteiger partial charge < -0.3 is 10.6 Å². The summed E-state index contributed by atoms with van der Waals surface area (Å²) in [5, 5.41) is 9.34. The minimum absolute atomic E-state index is 0.339. The predicted molar refractivity (Wildman–Crippen MR) is 76.2 cm³/mol. The van der Waals surface area contributed by atoms with E-state index >= 15 is 0 Å². The van der Waals surface area contributed by atoms with Crippen LogP contribution in [0.5, 0.6) is 0 Å². The highest BCUT2D eigenvalue weighted by atomic mass is 35.5. The number of halogens is 1. The van der Waals surface area contributed by atoms with Crippen molar-refractivity contribution in [3.05, 3.63) is 51.7 Å².